The maximum absolute atomic E-state index is 12.9. The van der Waals surface area contributed by atoms with Gasteiger partial charge in [-0.3, -0.25) is 4.55 Å². The third-order valence-corrected chi connectivity index (χ3v) is 15.0. The Bertz CT molecular complexity index is 1080. The summed E-state index contributed by atoms with van der Waals surface area (Å²) in [5, 5.41) is 1.66. The van der Waals surface area contributed by atoms with Crippen molar-refractivity contribution >= 4 is 10.1 Å². The minimum Gasteiger partial charge on any atom is -0.381 e. The average molecular weight is 981 g/mol. The standard InChI is InChI=1S/C60H117NO6S/c1-5-8-11-14-17-20-23-26-29-32-35-38-41-44-47-50-53-65-56-60(59(61-4)68(62,63)64,57-66-54-51-48-45-42-39-36-33-30-27-24-21-18-15-12-9-6-2)58-67-55-52-49-46-43-40-37-34-31-28-25-22-19-16-13-10-7-3/h26-31,59,61H,5-25,32-58H2,1-4H3,(H,62,63,64)/b29-26-,30-27-,31-28-. The van der Waals surface area contributed by atoms with Crippen LogP contribution >= 0.6 is 0 Å². The first-order chi connectivity index (χ1) is 33.4. The van der Waals surface area contributed by atoms with Crippen molar-refractivity contribution in [2.75, 3.05) is 46.7 Å². The van der Waals surface area contributed by atoms with Crippen LogP contribution in [0.15, 0.2) is 36.5 Å². The highest BCUT2D eigenvalue weighted by molar-refractivity contribution is 7.86. The minimum atomic E-state index is -4.46. The van der Waals surface area contributed by atoms with E-state index in [4.69, 9.17) is 14.2 Å². The second kappa shape index (κ2) is 53.8. The molecule has 0 saturated heterocycles. The molecule has 0 amide bonds. The van der Waals surface area contributed by atoms with E-state index in [1.165, 1.54) is 231 Å². The van der Waals surface area contributed by atoms with Crippen LogP contribution in [0.2, 0.25) is 0 Å². The van der Waals surface area contributed by atoms with Gasteiger partial charge in [0.25, 0.3) is 10.1 Å². The van der Waals surface area contributed by atoms with Crippen molar-refractivity contribution < 1.29 is 27.2 Å². The van der Waals surface area contributed by atoms with Crippen molar-refractivity contribution in [1.29, 1.82) is 0 Å². The zero-order chi connectivity index (χ0) is 49.6. The molecule has 0 aliphatic heterocycles. The summed E-state index contributed by atoms with van der Waals surface area (Å²) in [5.41, 5.74) is -1.07. The molecule has 7 nitrogen and oxygen atoms in total. The molecule has 0 rings (SSSR count). The summed E-state index contributed by atoms with van der Waals surface area (Å²) in [7, 11) is -2.87. The van der Waals surface area contributed by atoms with Crippen LogP contribution in [0.4, 0.5) is 0 Å². The highest BCUT2D eigenvalue weighted by atomic mass is 32.2. The molecule has 8 heteroatoms. The summed E-state index contributed by atoms with van der Waals surface area (Å²) in [6, 6.07) is 0. The third-order valence-electron chi connectivity index (χ3n) is 13.7. The number of hydrogen-bond donors (Lipinski definition) is 2. The lowest BCUT2D eigenvalue weighted by Gasteiger charge is -2.38. The fraction of sp³-hybridized carbons (Fsp3) is 0.900. The van der Waals surface area contributed by atoms with Crippen LogP contribution in [0.5, 0.6) is 0 Å². The van der Waals surface area contributed by atoms with Crippen molar-refractivity contribution in [3.05, 3.63) is 36.5 Å². The predicted octanol–water partition coefficient (Wildman–Crippen LogP) is 18.6. The molecule has 404 valence electrons. The lowest BCUT2D eigenvalue weighted by Crippen LogP contribution is -2.56. The number of unbranched alkanes of at least 4 members (excludes halogenated alkanes) is 36. The molecule has 0 bridgehead atoms. The van der Waals surface area contributed by atoms with Gasteiger partial charge in [-0.05, 0) is 103 Å². The summed E-state index contributed by atoms with van der Waals surface area (Å²) >= 11 is 0. The largest absolute Gasteiger partial charge is 0.381 e. The van der Waals surface area contributed by atoms with E-state index in [9.17, 15) is 13.0 Å². The molecule has 1 atom stereocenters. The predicted molar refractivity (Wildman–Crippen MR) is 298 cm³/mol. The van der Waals surface area contributed by atoms with E-state index in [-0.39, 0.29) is 19.8 Å². The maximum atomic E-state index is 12.9. The maximum Gasteiger partial charge on any atom is 0.281 e. The Morgan fingerprint density at radius 3 is 0.779 bits per heavy atom. The molecule has 0 radical (unpaired) electrons. The number of hydrogen-bond acceptors (Lipinski definition) is 6. The topological polar surface area (TPSA) is 94.1 Å². The zero-order valence-electron chi connectivity index (χ0n) is 45.9. The lowest BCUT2D eigenvalue weighted by atomic mass is 9.90. The van der Waals surface area contributed by atoms with Crippen LogP contribution in [0, 0.1) is 5.41 Å². The molecule has 0 aromatic rings. The Kier molecular flexibility index (Phi) is 52.9. The Balaban J connectivity index is 4.83. The highest BCUT2D eigenvalue weighted by Gasteiger charge is 2.46. The van der Waals surface area contributed by atoms with Gasteiger partial charge in [0.15, 0.2) is 0 Å². The van der Waals surface area contributed by atoms with Gasteiger partial charge < -0.3 is 19.5 Å². The number of nitrogens with one attached hydrogen (secondary N) is 1. The van der Waals surface area contributed by atoms with Gasteiger partial charge in [0, 0.05) is 19.8 Å². The molecule has 0 aromatic heterocycles. The number of ether oxygens (including phenoxy) is 3. The van der Waals surface area contributed by atoms with Gasteiger partial charge in [0.1, 0.15) is 5.37 Å². The van der Waals surface area contributed by atoms with Crippen molar-refractivity contribution in [3.8, 4) is 0 Å². The summed E-state index contributed by atoms with van der Waals surface area (Å²) in [6.07, 6.45) is 66.8. The first-order valence-electron chi connectivity index (χ1n) is 29.7. The SMILES string of the molecule is CCCCCCCC/C=C\CCCCCCCCOCC(COCCCCCCCC/C=C\CCCCCCCC)(COCCCCCCCC/C=C\CCCCCCCC)C(NC)S(=O)(=O)O. The fourth-order valence-electron chi connectivity index (χ4n) is 9.30. The number of rotatable bonds is 57. The normalized spacial score (nSPS) is 13.1. The van der Waals surface area contributed by atoms with Crippen LogP contribution in [0.25, 0.3) is 0 Å². The van der Waals surface area contributed by atoms with E-state index in [1.807, 2.05) is 0 Å². The molecule has 0 fully saturated rings. The van der Waals surface area contributed by atoms with E-state index in [1.54, 1.807) is 7.05 Å². The van der Waals surface area contributed by atoms with Crippen LogP contribution in [-0.2, 0) is 24.3 Å². The van der Waals surface area contributed by atoms with E-state index in [0.29, 0.717) is 19.8 Å². The third kappa shape index (κ3) is 46.1. The summed E-state index contributed by atoms with van der Waals surface area (Å²) in [5.74, 6) is 0. The first kappa shape index (κ1) is 67.0. The van der Waals surface area contributed by atoms with Crippen molar-refractivity contribution in [1.82, 2.24) is 5.32 Å². The average Bonchev–Trinajstić information content (AvgIpc) is 3.32. The summed E-state index contributed by atoms with van der Waals surface area (Å²) in [4.78, 5) is 0. The molecule has 0 spiro atoms. The molecule has 68 heavy (non-hydrogen) atoms. The quantitative estimate of drug-likeness (QED) is 0.0356. The van der Waals surface area contributed by atoms with Crippen molar-refractivity contribution in [2.24, 2.45) is 5.41 Å². The van der Waals surface area contributed by atoms with Gasteiger partial charge in [0.2, 0.25) is 0 Å². The van der Waals surface area contributed by atoms with E-state index < -0.39 is 20.9 Å². The van der Waals surface area contributed by atoms with Crippen molar-refractivity contribution in [2.45, 2.75) is 296 Å². The molecule has 0 aliphatic rings. The molecule has 0 saturated carbocycles. The highest BCUT2D eigenvalue weighted by Crippen LogP contribution is 2.29. The van der Waals surface area contributed by atoms with Crippen LogP contribution in [-0.4, -0.2) is 65.0 Å². The fourth-order valence-corrected chi connectivity index (χ4v) is 10.4. The Labute approximate surface area is 425 Å². The van der Waals surface area contributed by atoms with Crippen molar-refractivity contribution in [3.63, 3.8) is 0 Å². The summed E-state index contributed by atoms with van der Waals surface area (Å²) < 4.78 is 55.1. The van der Waals surface area contributed by atoms with Gasteiger partial charge >= 0.3 is 0 Å². The van der Waals surface area contributed by atoms with E-state index >= 15 is 0 Å². The molecular formula is C60H117NO6S. The first-order valence-corrected chi connectivity index (χ1v) is 31.2. The van der Waals surface area contributed by atoms with Crippen LogP contribution < -0.4 is 5.32 Å². The molecule has 2 N–H and O–H groups in total. The van der Waals surface area contributed by atoms with Gasteiger partial charge in [-0.25, -0.2) is 0 Å². The monoisotopic (exact) mass is 980 g/mol. The van der Waals surface area contributed by atoms with E-state index in [0.717, 1.165) is 38.5 Å². The molecule has 0 aliphatic carbocycles. The van der Waals surface area contributed by atoms with E-state index in [2.05, 4.69) is 62.5 Å². The van der Waals surface area contributed by atoms with Gasteiger partial charge in [-0.15, -0.1) is 0 Å². The molecule has 0 aromatic carbocycles. The second-order valence-electron chi connectivity index (χ2n) is 20.5. The zero-order valence-corrected chi connectivity index (χ0v) is 46.7. The van der Waals surface area contributed by atoms with Gasteiger partial charge in [-0.2, -0.15) is 8.42 Å². The smallest absolute Gasteiger partial charge is 0.281 e. The molecule has 1 unspecified atom stereocenters. The van der Waals surface area contributed by atoms with Gasteiger partial charge in [0.05, 0.1) is 25.2 Å². The molecular weight excluding hydrogens is 863 g/mol. The Hall–Kier alpha value is -1.03. The number of allylic oxidation sites excluding steroid dienone is 6. The van der Waals surface area contributed by atoms with Crippen LogP contribution in [0.3, 0.4) is 0 Å². The Morgan fingerprint density at radius 1 is 0.368 bits per heavy atom. The Morgan fingerprint density at radius 2 is 0.574 bits per heavy atom. The van der Waals surface area contributed by atoms with Crippen LogP contribution in [0.1, 0.15) is 290 Å². The summed E-state index contributed by atoms with van der Waals surface area (Å²) in [6.45, 7) is 8.90. The molecule has 0 heterocycles. The second-order valence-corrected chi connectivity index (χ2v) is 22.0. The van der Waals surface area contributed by atoms with Gasteiger partial charge in [-0.1, -0.05) is 231 Å². The minimum absolute atomic E-state index is 0.143. The lowest BCUT2D eigenvalue weighted by molar-refractivity contribution is -0.0767.